The van der Waals surface area contributed by atoms with Gasteiger partial charge in [0.25, 0.3) is 0 Å². The standard InChI is InChI=1S/C16H12F3NO3/c17-16(18,19)12-3-1-2-10(8-12)9-14(21)23-13-6-4-11(5-7-13)15(20)22/h1-8H,9H2,(H2,20,22). The Bertz CT molecular complexity index is 724. The molecule has 0 aliphatic rings. The first-order valence-corrected chi connectivity index (χ1v) is 6.52. The van der Waals surface area contributed by atoms with Crippen molar-refractivity contribution in [3.05, 3.63) is 65.2 Å². The molecule has 0 saturated heterocycles. The quantitative estimate of drug-likeness (QED) is 0.695. The number of carbonyl (C=O) groups excluding carboxylic acids is 2. The molecule has 0 aromatic heterocycles. The normalized spacial score (nSPS) is 11.1. The van der Waals surface area contributed by atoms with Crippen LogP contribution in [0.2, 0.25) is 0 Å². The van der Waals surface area contributed by atoms with Crippen LogP contribution >= 0.6 is 0 Å². The average molecular weight is 323 g/mol. The van der Waals surface area contributed by atoms with Crippen LogP contribution in [0.3, 0.4) is 0 Å². The molecular formula is C16H12F3NO3. The first kappa shape index (κ1) is 16.5. The van der Waals surface area contributed by atoms with Gasteiger partial charge in [-0.2, -0.15) is 13.2 Å². The zero-order valence-corrected chi connectivity index (χ0v) is 11.8. The highest BCUT2D eigenvalue weighted by molar-refractivity contribution is 5.92. The monoisotopic (exact) mass is 323 g/mol. The Balaban J connectivity index is 2.03. The Morgan fingerprint density at radius 1 is 1.04 bits per heavy atom. The molecule has 0 unspecified atom stereocenters. The first-order valence-electron chi connectivity index (χ1n) is 6.52. The van der Waals surface area contributed by atoms with Crippen molar-refractivity contribution in [2.24, 2.45) is 5.73 Å². The average Bonchev–Trinajstić information content (AvgIpc) is 2.47. The van der Waals surface area contributed by atoms with E-state index in [9.17, 15) is 22.8 Å². The van der Waals surface area contributed by atoms with E-state index in [0.717, 1.165) is 12.1 Å². The minimum Gasteiger partial charge on any atom is -0.426 e. The third kappa shape index (κ3) is 4.57. The summed E-state index contributed by atoms with van der Waals surface area (Å²) < 4.78 is 42.8. The molecule has 0 aliphatic heterocycles. The molecule has 2 aromatic rings. The molecule has 120 valence electrons. The predicted molar refractivity (Wildman–Crippen MR) is 75.7 cm³/mol. The van der Waals surface area contributed by atoms with Crippen molar-refractivity contribution in [2.45, 2.75) is 12.6 Å². The number of nitrogens with two attached hydrogens (primary N) is 1. The summed E-state index contributed by atoms with van der Waals surface area (Å²) in [7, 11) is 0. The summed E-state index contributed by atoms with van der Waals surface area (Å²) in [4.78, 5) is 22.7. The fourth-order valence-electron chi connectivity index (χ4n) is 1.88. The molecule has 1 amide bonds. The fourth-order valence-corrected chi connectivity index (χ4v) is 1.88. The number of alkyl halides is 3. The minimum atomic E-state index is -4.47. The van der Waals surface area contributed by atoms with Crippen molar-refractivity contribution in [1.29, 1.82) is 0 Å². The van der Waals surface area contributed by atoms with E-state index in [1.807, 2.05) is 0 Å². The highest BCUT2D eigenvalue weighted by Crippen LogP contribution is 2.29. The summed E-state index contributed by atoms with van der Waals surface area (Å²) >= 11 is 0. The Morgan fingerprint density at radius 2 is 1.70 bits per heavy atom. The SMILES string of the molecule is NC(=O)c1ccc(OC(=O)Cc2cccc(C(F)(F)F)c2)cc1. The van der Waals surface area contributed by atoms with Crippen LogP contribution in [-0.2, 0) is 17.4 Å². The van der Waals surface area contributed by atoms with Gasteiger partial charge in [0.15, 0.2) is 0 Å². The molecule has 0 bridgehead atoms. The van der Waals surface area contributed by atoms with E-state index in [-0.39, 0.29) is 23.3 Å². The van der Waals surface area contributed by atoms with Crippen molar-refractivity contribution in [3.8, 4) is 5.75 Å². The number of benzene rings is 2. The summed E-state index contributed by atoms with van der Waals surface area (Å²) in [6.45, 7) is 0. The molecule has 0 spiro atoms. The number of hydrogen-bond acceptors (Lipinski definition) is 3. The van der Waals surface area contributed by atoms with Gasteiger partial charge in [-0.05, 0) is 35.9 Å². The molecular weight excluding hydrogens is 311 g/mol. The number of rotatable bonds is 4. The topological polar surface area (TPSA) is 69.4 Å². The van der Waals surface area contributed by atoms with Crippen LogP contribution in [0, 0.1) is 0 Å². The maximum Gasteiger partial charge on any atom is 0.416 e. The summed E-state index contributed by atoms with van der Waals surface area (Å²) in [5.41, 5.74) is 4.70. The van der Waals surface area contributed by atoms with E-state index in [1.165, 1.54) is 36.4 Å². The molecule has 2 aromatic carbocycles. The van der Waals surface area contributed by atoms with Gasteiger partial charge in [-0.15, -0.1) is 0 Å². The number of hydrogen-bond donors (Lipinski definition) is 1. The smallest absolute Gasteiger partial charge is 0.416 e. The molecule has 0 saturated carbocycles. The zero-order chi connectivity index (χ0) is 17.0. The molecule has 4 nitrogen and oxygen atoms in total. The van der Waals surface area contributed by atoms with Crippen LogP contribution in [0.5, 0.6) is 5.75 Å². The molecule has 7 heteroatoms. The van der Waals surface area contributed by atoms with Gasteiger partial charge in [0.2, 0.25) is 5.91 Å². The highest BCUT2D eigenvalue weighted by Gasteiger charge is 2.30. The van der Waals surface area contributed by atoms with Gasteiger partial charge >= 0.3 is 12.1 Å². The lowest BCUT2D eigenvalue weighted by Gasteiger charge is -2.09. The number of primary amides is 1. The van der Waals surface area contributed by atoms with Crippen molar-refractivity contribution >= 4 is 11.9 Å². The second-order valence-electron chi connectivity index (χ2n) is 4.74. The molecule has 2 N–H and O–H groups in total. The highest BCUT2D eigenvalue weighted by atomic mass is 19.4. The lowest BCUT2D eigenvalue weighted by atomic mass is 10.1. The van der Waals surface area contributed by atoms with Gasteiger partial charge < -0.3 is 10.5 Å². The summed E-state index contributed by atoms with van der Waals surface area (Å²) in [6, 6.07) is 9.99. The number of esters is 1. The van der Waals surface area contributed by atoms with Gasteiger partial charge in [-0.3, -0.25) is 9.59 Å². The van der Waals surface area contributed by atoms with Crippen molar-refractivity contribution in [1.82, 2.24) is 0 Å². The summed E-state index contributed by atoms with van der Waals surface area (Å²) in [5, 5.41) is 0. The van der Waals surface area contributed by atoms with E-state index in [1.54, 1.807) is 0 Å². The van der Waals surface area contributed by atoms with Gasteiger partial charge in [0.05, 0.1) is 12.0 Å². The predicted octanol–water partition coefficient (Wildman–Crippen LogP) is 2.95. The van der Waals surface area contributed by atoms with Crippen LogP contribution in [0.4, 0.5) is 13.2 Å². The second-order valence-corrected chi connectivity index (χ2v) is 4.74. The Labute approximate surface area is 129 Å². The number of carbonyl (C=O) groups is 2. The molecule has 0 aliphatic carbocycles. The van der Waals surface area contributed by atoms with Crippen molar-refractivity contribution in [2.75, 3.05) is 0 Å². The van der Waals surface area contributed by atoms with E-state index in [4.69, 9.17) is 10.5 Å². The van der Waals surface area contributed by atoms with E-state index < -0.39 is 23.6 Å². The first-order chi connectivity index (χ1) is 10.8. The van der Waals surface area contributed by atoms with Crippen LogP contribution < -0.4 is 10.5 Å². The molecule has 0 fully saturated rings. The van der Waals surface area contributed by atoms with E-state index >= 15 is 0 Å². The zero-order valence-electron chi connectivity index (χ0n) is 11.8. The van der Waals surface area contributed by atoms with Crippen LogP contribution in [-0.4, -0.2) is 11.9 Å². The Hall–Kier alpha value is -2.83. The van der Waals surface area contributed by atoms with Gasteiger partial charge in [0, 0.05) is 5.56 Å². The maximum atomic E-state index is 12.6. The molecule has 0 radical (unpaired) electrons. The largest absolute Gasteiger partial charge is 0.426 e. The van der Waals surface area contributed by atoms with Crippen LogP contribution in [0.15, 0.2) is 48.5 Å². The molecule has 2 rings (SSSR count). The van der Waals surface area contributed by atoms with E-state index in [0.29, 0.717) is 0 Å². The lowest BCUT2D eigenvalue weighted by Crippen LogP contribution is -2.13. The second kappa shape index (κ2) is 6.51. The van der Waals surface area contributed by atoms with Gasteiger partial charge in [0.1, 0.15) is 5.75 Å². The number of halogens is 3. The third-order valence-electron chi connectivity index (χ3n) is 2.97. The van der Waals surface area contributed by atoms with Crippen LogP contribution in [0.1, 0.15) is 21.5 Å². The lowest BCUT2D eigenvalue weighted by molar-refractivity contribution is -0.138. The van der Waals surface area contributed by atoms with Crippen LogP contribution in [0.25, 0.3) is 0 Å². The third-order valence-corrected chi connectivity index (χ3v) is 2.97. The van der Waals surface area contributed by atoms with Gasteiger partial charge in [-0.1, -0.05) is 18.2 Å². The van der Waals surface area contributed by atoms with Crippen molar-refractivity contribution in [3.63, 3.8) is 0 Å². The fraction of sp³-hybridized carbons (Fsp3) is 0.125. The summed E-state index contributed by atoms with van der Waals surface area (Å²) in [5.74, 6) is -1.16. The number of amides is 1. The molecule has 23 heavy (non-hydrogen) atoms. The Kier molecular flexibility index (Phi) is 4.68. The molecule has 0 heterocycles. The minimum absolute atomic E-state index is 0.173. The number of ether oxygens (including phenoxy) is 1. The van der Waals surface area contributed by atoms with E-state index in [2.05, 4.69) is 0 Å². The van der Waals surface area contributed by atoms with Gasteiger partial charge in [-0.25, -0.2) is 0 Å². The Morgan fingerprint density at radius 3 is 2.26 bits per heavy atom. The maximum absolute atomic E-state index is 12.6. The molecule has 0 atom stereocenters. The summed E-state index contributed by atoms with van der Waals surface area (Å²) in [6.07, 6.45) is -4.77. The van der Waals surface area contributed by atoms with Crippen molar-refractivity contribution < 1.29 is 27.5 Å².